The molecule has 0 unspecified atom stereocenters. The number of hydrogen-bond acceptors (Lipinski definition) is 6. The maximum atomic E-state index is 12.5. The molecule has 0 amide bonds. The third-order valence-electron chi connectivity index (χ3n) is 3.92. The Morgan fingerprint density at radius 3 is 2.04 bits per heavy atom. The Labute approximate surface area is 150 Å². The number of thioether (sulfide) groups is 1. The lowest BCUT2D eigenvalue weighted by atomic mass is 10.0. The summed E-state index contributed by atoms with van der Waals surface area (Å²) in [7, 11) is 6.32. The summed E-state index contributed by atoms with van der Waals surface area (Å²) < 4.78 is 21.2. The lowest BCUT2D eigenvalue weighted by molar-refractivity contribution is -0.106. The Morgan fingerprint density at radius 2 is 1.40 bits per heavy atom. The number of hydrogen-bond donors (Lipinski definition) is 0. The van der Waals surface area contributed by atoms with Gasteiger partial charge in [0.1, 0.15) is 0 Å². The molecule has 0 saturated heterocycles. The minimum absolute atomic E-state index is 0.0138. The fraction of sp³-hybridized carbons (Fsp3) is 0.211. The summed E-state index contributed by atoms with van der Waals surface area (Å²) in [5, 5.41) is -0.0138. The molecule has 1 aliphatic heterocycles. The molecular weight excluding hydrogens is 340 g/mol. The monoisotopic (exact) mass is 358 g/mol. The van der Waals surface area contributed by atoms with E-state index >= 15 is 0 Å². The first kappa shape index (κ1) is 17.2. The largest absolute Gasteiger partial charge is 0.493 e. The molecule has 0 atom stereocenters. The van der Waals surface area contributed by atoms with Crippen LogP contribution < -0.4 is 18.9 Å². The van der Waals surface area contributed by atoms with Crippen LogP contribution in [0, 0.1) is 0 Å². The first-order valence-electron chi connectivity index (χ1n) is 7.53. The predicted molar refractivity (Wildman–Crippen MR) is 97.8 cm³/mol. The molecule has 5 nitrogen and oxygen atoms in total. The van der Waals surface area contributed by atoms with Crippen LogP contribution in [0.1, 0.15) is 11.1 Å². The van der Waals surface area contributed by atoms with Crippen LogP contribution in [0.2, 0.25) is 0 Å². The van der Waals surface area contributed by atoms with Crippen LogP contribution in [-0.4, -0.2) is 33.6 Å². The molecule has 2 aromatic carbocycles. The van der Waals surface area contributed by atoms with Gasteiger partial charge in [-0.05, 0) is 47.7 Å². The van der Waals surface area contributed by atoms with Crippen molar-refractivity contribution in [2.24, 2.45) is 0 Å². The number of ether oxygens (including phenoxy) is 4. The van der Waals surface area contributed by atoms with Crippen LogP contribution >= 0.6 is 11.8 Å². The van der Waals surface area contributed by atoms with Gasteiger partial charge in [0.15, 0.2) is 23.0 Å². The molecule has 0 spiro atoms. The van der Waals surface area contributed by atoms with E-state index in [2.05, 4.69) is 0 Å². The van der Waals surface area contributed by atoms with Crippen LogP contribution in [-0.2, 0) is 4.79 Å². The van der Waals surface area contributed by atoms with Crippen molar-refractivity contribution in [3.63, 3.8) is 0 Å². The fourth-order valence-corrected chi connectivity index (χ4v) is 3.59. The van der Waals surface area contributed by atoms with Crippen molar-refractivity contribution in [2.75, 3.05) is 28.4 Å². The Kier molecular flexibility index (Phi) is 4.90. The standard InChI is InChI=1S/C19H18O5S/c1-21-14-6-5-11(8-15(14)22-2)7-13-12-9-16(23-3)17(24-4)10-18(12)25-19(13)20/h5-10H,1-4H3/b13-7+. The van der Waals surface area contributed by atoms with Crippen LogP contribution in [0.25, 0.3) is 11.6 Å². The SMILES string of the molecule is COc1ccc(/C=C2/C(=O)Sc3cc(OC)c(OC)cc32)cc1OC. The van der Waals surface area contributed by atoms with Crippen LogP contribution in [0.15, 0.2) is 35.2 Å². The first-order valence-corrected chi connectivity index (χ1v) is 8.35. The van der Waals surface area contributed by atoms with Gasteiger partial charge in [-0.2, -0.15) is 0 Å². The van der Waals surface area contributed by atoms with E-state index in [4.69, 9.17) is 18.9 Å². The summed E-state index contributed by atoms with van der Waals surface area (Å²) in [6.45, 7) is 0. The molecule has 0 N–H and O–H groups in total. The topological polar surface area (TPSA) is 54.0 Å². The van der Waals surface area contributed by atoms with Crippen molar-refractivity contribution in [1.82, 2.24) is 0 Å². The molecule has 0 fully saturated rings. The number of rotatable bonds is 5. The zero-order valence-corrected chi connectivity index (χ0v) is 15.2. The molecule has 2 aromatic rings. The van der Waals surface area contributed by atoms with Gasteiger partial charge >= 0.3 is 0 Å². The Balaban J connectivity index is 2.07. The number of benzene rings is 2. The molecule has 0 aliphatic carbocycles. The minimum Gasteiger partial charge on any atom is -0.493 e. The molecule has 6 heteroatoms. The lowest BCUT2D eigenvalue weighted by Crippen LogP contribution is -1.94. The molecule has 130 valence electrons. The summed E-state index contributed by atoms with van der Waals surface area (Å²) in [5.41, 5.74) is 2.31. The van der Waals surface area contributed by atoms with Crippen molar-refractivity contribution in [3.05, 3.63) is 41.5 Å². The summed E-state index contributed by atoms with van der Waals surface area (Å²) in [6.07, 6.45) is 1.84. The van der Waals surface area contributed by atoms with Crippen molar-refractivity contribution in [1.29, 1.82) is 0 Å². The Hall–Kier alpha value is -2.60. The van der Waals surface area contributed by atoms with E-state index in [0.717, 1.165) is 16.0 Å². The predicted octanol–water partition coefficient (Wildman–Crippen LogP) is 3.89. The molecule has 1 heterocycles. The summed E-state index contributed by atoms with van der Waals surface area (Å²) in [5.74, 6) is 2.45. The Bertz CT molecular complexity index is 857. The smallest absolute Gasteiger partial charge is 0.224 e. The highest BCUT2D eigenvalue weighted by Gasteiger charge is 2.28. The highest BCUT2D eigenvalue weighted by atomic mass is 32.2. The van der Waals surface area contributed by atoms with E-state index < -0.39 is 0 Å². The maximum absolute atomic E-state index is 12.5. The minimum atomic E-state index is -0.0138. The van der Waals surface area contributed by atoms with Gasteiger partial charge in [-0.15, -0.1) is 0 Å². The van der Waals surface area contributed by atoms with Gasteiger partial charge < -0.3 is 18.9 Å². The maximum Gasteiger partial charge on any atom is 0.224 e. The van der Waals surface area contributed by atoms with Gasteiger partial charge in [-0.1, -0.05) is 6.07 Å². The van der Waals surface area contributed by atoms with E-state index in [1.807, 2.05) is 36.4 Å². The third kappa shape index (κ3) is 3.17. The highest BCUT2D eigenvalue weighted by molar-refractivity contribution is 8.15. The molecule has 0 bridgehead atoms. The Morgan fingerprint density at radius 1 is 0.800 bits per heavy atom. The molecule has 25 heavy (non-hydrogen) atoms. The van der Waals surface area contributed by atoms with Crippen LogP contribution in [0.3, 0.4) is 0 Å². The normalized spacial score (nSPS) is 14.4. The lowest BCUT2D eigenvalue weighted by Gasteiger charge is -2.10. The second-order valence-corrected chi connectivity index (χ2v) is 6.28. The van der Waals surface area contributed by atoms with E-state index in [1.165, 1.54) is 11.8 Å². The summed E-state index contributed by atoms with van der Waals surface area (Å²) >= 11 is 1.19. The fourth-order valence-electron chi connectivity index (χ4n) is 2.67. The van der Waals surface area contributed by atoms with Gasteiger partial charge in [-0.25, -0.2) is 0 Å². The molecular formula is C19H18O5S. The van der Waals surface area contributed by atoms with E-state index in [9.17, 15) is 4.79 Å². The molecule has 3 rings (SSSR count). The molecule has 0 radical (unpaired) electrons. The summed E-state index contributed by atoms with van der Waals surface area (Å²) in [6, 6.07) is 9.19. The van der Waals surface area contributed by atoms with E-state index in [0.29, 0.717) is 28.6 Å². The number of carbonyl (C=O) groups is 1. The average Bonchev–Trinajstić information content (AvgIpc) is 2.94. The number of fused-ring (bicyclic) bond motifs is 1. The summed E-state index contributed by atoms with van der Waals surface area (Å²) in [4.78, 5) is 13.3. The van der Waals surface area contributed by atoms with Gasteiger partial charge in [0.05, 0.1) is 28.4 Å². The van der Waals surface area contributed by atoms with Crippen molar-refractivity contribution >= 4 is 28.5 Å². The highest BCUT2D eigenvalue weighted by Crippen LogP contribution is 2.46. The van der Waals surface area contributed by atoms with Gasteiger partial charge in [0.25, 0.3) is 0 Å². The van der Waals surface area contributed by atoms with Gasteiger partial charge in [0.2, 0.25) is 5.12 Å². The van der Waals surface area contributed by atoms with Crippen molar-refractivity contribution in [3.8, 4) is 23.0 Å². The van der Waals surface area contributed by atoms with Crippen LogP contribution in [0.5, 0.6) is 23.0 Å². The second kappa shape index (κ2) is 7.11. The zero-order valence-electron chi connectivity index (χ0n) is 14.4. The quantitative estimate of drug-likeness (QED) is 0.756. The van der Waals surface area contributed by atoms with Crippen molar-refractivity contribution < 1.29 is 23.7 Å². The molecule has 0 saturated carbocycles. The van der Waals surface area contributed by atoms with Crippen LogP contribution in [0.4, 0.5) is 0 Å². The second-order valence-electron chi connectivity index (χ2n) is 5.27. The zero-order chi connectivity index (χ0) is 18.0. The third-order valence-corrected chi connectivity index (χ3v) is 4.88. The van der Waals surface area contributed by atoms with E-state index in [1.54, 1.807) is 28.4 Å². The number of carbonyl (C=O) groups excluding carboxylic acids is 1. The van der Waals surface area contributed by atoms with Gasteiger partial charge in [-0.3, -0.25) is 4.79 Å². The molecule has 0 aromatic heterocycles. The number of methoxy groups -OCH3 is 4. The molecule has 1 aliphatic rings. The van der Waals surface area contributed by atoms with Crippen molar-refractivity contribution in [2.45, 2.75) is 4.90 Å². The van der Waals surface area contributed by atoms with Gasteiger partial charge in [0, 0.05) is 16.0 Å². The van der Waals surface area contributed by atoms with E-state index in [-0.39, 0.29) is 5.12 Å². The first-order chi connectivity index (χ1) is 12.1. The average molecular weight is 358 g/mol.